The van der Waals surface area contributed by atoms with E-state index in [1.807, 2.05) is 0 Å². The first kappa shape index (κ1) is 11.0. The molecule has 0 aromatic heterocycles. The molecule has 0 fully saturated rings. The van der Waals surface area contributed by atoms with Gasteiger partial charge in [0.15, 0.2) is 0 Å². The molecule has 0 saturated carbocycles. The first-order chi connectivity index (χ1) is 5.74. The molecule has 0 aromatic carbocycles. The van der Waals surface area contributed by atoms with E-state index in [1.54, 1.807) is 0 Å². The second kappa shape index (κ2) is 6.68. The van der Waals surface area contributed by atoms with Crippen molar-refractivity contribution in [2.75, 3.05) is 0 Å². The van der Waals surface area contributed by atoms with Crippen molar-refractivity contribution in [2.45, 2.75) is 45.6 Å². The lowest BCUT2D eigenvalue weighted by atomic mass is 9.97. The van der Waals surface area contributed by atoms with E-state index < -0.39 is 0 Å². The van der Waals surface area contributed by atoms with Crippen LogP contribution in [0.25, 0.3) is 4.85 Å². The van der Waals surface area contributed by atoms with Crippen LogP contribution in [-0.4, -0.2) is 6.04 Å². The molecule has 0 rings (SSSR count). The first-order valence-corrected chi connectivity index (χ1v) is 4.48. The van der Waals surface area contributed by atoms with Crippen molar-refractivity contribution < 1.29 is 0 Å². The van der Waals surface area contributed by atoms with Crippen LogP contribution in [0.3, 0.4) is 0 Å². The number of hydrogen-bond donors (Lipinski definition) is 0. The largest absolute Gasteiger partial charge is 0.314 e. The number of hydrogen-bond acceptors (Lipinski definition) is 1. The molecule has 2 nitrogen and oxygen atoms in total. The zero-order chi connectivity index (χ0) is 9.40. The average Bonchev–Trinajstić information content (AvgIpc) is 2.11. The summed E-state index contributed by atoms with van der Waals surface area (Å²) in [6.07, 6.45) is 3.33. The van der Waals surface area contributed by atoms with Crippen molar-refractivity contribution in [3.8, 4) is 6.07 Å². The van der Waals surface area contributed by atoms with E-state index in [0.29, 0.717) is 12.3 Å². The van der Waals surface area contributed by atoms with Gasteiger partial charge in [0, 0.05) is 19.3 Å². The molecule has 12 heavy (non-hydrogen) atoms. The van der Waals surface area contributed by atoms with Gasteiger partial charge in [0.1, 0.15) is 0 Å². The number of rotatable bonds is 5. The third kappa shape index (κ3) is 4.74. The summed E-state index contributed by atoms with van der Waals surface area (Å²) in [5.41, 5.74) is 0. The summed E-state index contributed by atoms with van der Waals surface area (Å²) < 4.78 is 0. The van der Waals surface area contributed by atoms with Crippen molar-refractivity contribution in [3.63, 3.8) is 0 Å². The van der Waals surface area contributed by atoms with Gasteiger partial charge < -0.3 is 4.85 Å². The number of nitriles is 1. The number of nitrogens with zero attached hydrogens (tertiary/aromatic N) is 2. The summed E-state index contributed by atoms with van der Waals surface area (Å²) in [7, 11) is 0. The Hall–Kier alpha value is -1.02. The summed E-state index contributed by atoms with van der Waals surface area (Å²) in [6.45, 7) is 11.2. The summed E-state index contributed by atoms with van der Waals surface area (Å²) in [5.74, 6) is 0.614. The zero-order valence-corrected chi connectivity index (χ0v) is 7.88. The lowest BCUT2D eigenvalue weighted by Gasteiger charge is -2.08. The lowest BCUT2D eigenvalue weighted by Crippen LogP contribution is -2.07. The Morgan fingerprint density at radius 1 is 1.58 bits per heavy atom. The van der Waals surface area contributed by atoms with Crippen LogP contribution in [0.15, 0.2) is 0 Å². The highest BCUT2D eigenvalue weighted by Gasteiger charge is 2.15. The third-order valence-corrected chi connectivity index (χ3v) is 2.14. The summed E-state index contributed by atoms with van der Waals surface area (Å²) in [4.78, 5) is 3.51. The Morgan fingerprint density at radius 2 is 2.25 bits per heavy atom. The normalized spacial score (nSPS) is 14.3. The monoisotopic (exact) mass is 164 g/mol. The van der Waals surface area contributed by atoms with Crippen LogP contribution < -0.4 is 0 Å². The minimum Gasteiger partial charge on any atom is -0.314 e. The van der Waals surface area contributed by atoms with Gasteiger partial charge in [0.25, 0.3) is 0 Å². The van der Waals surface area contributed by atoms with Crippen molar-refractivity contribution in [2.24, 2.45) is 5.92 Å². The molecule has 2 heteroatoms. The van der Waals surface area contributed by atoms with E-state index in [1.165, 1.54) is 0 Å². The van der Waals surface area contributed by atoms with E-state index >= 15 is 0 Å². The summed E-state index contributed by atoms with van der Waals surface area (Å²) in [5, 5.41) is 8.35. The predicted octanol–water partition coefficient (Wildman–Crippen LogP) is 3.01. The minimum atomic E-state index is 0.0691. The molecule has 1 unspecified atom stereocenters. The van der Waals surface area contributed by atoms with Crippen LogP contribution in [0.1, 0.15) is 39.5 Å². The van der Waals surface area contributed by atoms with Gasteiger partial charge in [-0.2, -0.15) is 5.26 Å². The van der Waals surface area contributed by atoms with E-state index in [9.17, 15) is 0 Å². The van der Waals surface area contributed by atoms with Gasteiger partial charge in [-0.15, -0.1) is 0 Å². The fraction of sp³-hybridized carbons (Fsp3) is 0.800. The lowest BCUT2D eigenvalue weighted by molar-refractivity contribution is 0.469. The van der Waals surface area contributed by atoms with Crippen molar-refractivity contribution in [1.29, 1.82) is 5.26 Å². The van der Waals surface area contributed by atoms with Crippen LogP contribution in [-0.2, 0) is 0 Å². The Kier molecular flexibility index (Phi) is 6.11. The molecule has 0 bridgehead atoms. The van der Waals surface area contributed by atoms with Gasteiger partial charge >= 0.3 is 0 Å². The molecule has 0 spiro atoms. The Bertz CT molecular complexity index is 185. The Morgan fingerprint density at radius 3 is 2.67 bits per heavy atom. The molecule has 0 aliphatic carbocycles. The maximum absolute atomic E-state index is 8.35. The molecule has 0 N–H and O–H groups in total. The second-order valence-corrected chi connectivity index (χ2v) is 3.23. The standard InChI is InChI=1S/C10H16N2/c1-4-9(2)8-10(12-3)6-5-7-11/h9-10H,4-6,8H2,1-2H3/t9?,10-/m0/s1. The Balaban J connectivity index is 3.70. The molecule has 0 saturated heterocycles. The van der Waals surface area contributed by atoms with Crippen molar-refractivity contribution in [1.82, 2.24) is 0 Å². The predicted molar refractivity (Wildman–Crippen MR) is 49.3 cm³/mol. The third-order valence-electron chi connectivity index (χ3n) is 2.14. The highest BCUT2D eigenvalue weighted by atomic mass is 14.7. The maximum atomic E-state index is 8.35. The topological polar surface area (TPSA) is 28.1 Å². The fourth-order valence-electron chi connectivity index (χ4n) is 1.10. The molecule has 66 valence electrons. The summed E-state index contributed by atoms with van der Waals surface area (Å²) >= 11 is 0. The molecular weight excluding hydrogens is 148 g/mol. The van der Waals surface area contributed by atoms with Crippen LogP contribution in [0.4, 0.5) is 0 Å². The first-order valence-electron chi connectivity index (χ1n) is 4.48. The van der Waals surface area contributed by atoms with Crippen LogP contribution in [0, 0.1) is 23.8 Å². The SMILES string of the molecule is [C-]#[N+][C@@H](CCC#N)CC(C)CC. The van der Waals surface area contributed by atoms with Gasteiger partial charge in [-0.25, -0.2) is 6.57 Å². The van der Waals surface area contributed by atoms with Gasteiger partial charge in [-0.05, 0) is 5.92 Å². The zero-order valence-electron chi connectivity index (χ0n) is 7.88. The molecule has 0 aliphatic rings. The molecule has 0 aromatic rings. The molecule has 0 heterocycles. The average molecular weight is 164 g/mol. The van der Waals surface area contributed by atoms with Gasteiger partial charge in [0.05, 0.1) is 6.07 Å². The van der Waals surface area contributed by atoms with Gasteiger partial charge in [0.2, 0.25) is 6.04 Å². The van der Waals surface area contributed by atoms with E-state index in [4.69, 9.17) is 11.8 Å². The summed E-state index contributed by atoms with van der Waals surface area (Å²) in [6, 6.07) is 2.15. The second-order valence-electron chi connectivity index (χ2n) is 3.23. The maximum Gasteiger partial charge on any atom is 0.225 e. The van der Waals surface area contributed by atoms with Crippen LogP contribution >= 0.6 is 0 Å². The van der Waals surface area contributed by atoms with Gasteiger partial charge in [-0.1, -0.05) is 20.3 Å². The Labute approximate surface area is 75.0 Å². The smallest absolute Gasteiger partial charge is 0.225 e. The molecule has 0 amide bonds. The van der Waals surface area contributed by atoms with E-state index in [0.717, 1.165) is 19.3 Å². The fourth-order valence-corrected chi connectivity index (χ4v) is 1.10. The molecule has 0 radical (unpaired) electrons. The van der Waals surface area contributed by atoms with Gasteiger partial charge in [-0.3, -0.25) is 0 Å². The highest BCUT2D eigenvalue weighted by Crippen LogP contribution is 2.15. The van der Waals surface area contributed by atoms with Crippen molar-refractivity contribution in [3.05, 3.63) is 11.4 Å². The molecule has 2 atom stereocenters. The van der Waals surface area contributed by atoms with Crippen LogP contribution in [0.2, 0.25) is 0 Å². The highest BCUT2D eigenvalue weighted by molar-refractivity contribution is 4.84. The van der Waals surface area contributed by atoms with E-state index in [-0.39, 0.29) is 6.04 Å². The quantitative estimate of drug-likeness (QED) is 0.574. The van der Waals surface area contributed by atoms with Crippen LogP contribution in [0.5, 0.6) is 0 Å². The van der Waals surface area contributed by atoms with E-state index in [2.05, 4.69) is 24.8 Å². The van der Waals surface area contributed by atoms with Crippen molar-refractivity contribution >= 4 is 0 Å². The molecule has 0 aliphatic heterocycles. The minimum absolute atomic E-state index is 0.0691. The molecular formula is C10H16N2.